The second-order valence-electron chi connectivity index (χ2n) is 14.0. The molecule has 1 unspecified atom stereocenters. The molecule has 0 aliphatic rings. The van der Waals surface area contributed by atoms with Gasteiger partial charge in [-0.15, -0.1) is 0 Å². The minimum absolute atomic E-state index is 0.0451. The molecule has 0 heterocycles. The van der Waals surface area contributed by atoms with Gasteiger partial charge in [-0.1, -0.05) is 131 Å². The Bertz CT molecular complexity index is 2210. The SMILES string of the molecule is CC.CC.CC=N.CN=Cc1ccc(C)c(C(c2ccccc2)c2ccc(CCOc3ccc(C(c4cc(C=NC)ccc4C)c4cc(C=NC)ccc4C)cc3)cc2)c1. The van der Waals surface area contributed by atoms with E-state index in [1.807, 2.05) is 67.5 Å². The minimum atomic E-state index is 0.0451. The van der Waals surface area contributed by atoms with E-state index < -0.39 is 0 Å². The summed E-state index contributed by atoms with van der Waals surface area (Å²) in [5.41, 5.74) is 15.9. The molecule has 0 saturated carbocycles. The van der Waals surface area contributed by atoms with Crippen LogP contribution in [-0.4, -0.2) is 52.6 Å². The molecule has 6 aromatic rings. The molecule has 0 saturated heterocycles. The normalized spacial score (nSPS) is 11.8. The lowest BCUT2D eigenvalue weighted by Crippen LogP contribution is -2.09. The summed E-state index contributed by atoms with van der Waals surface area (Å²) in [5, 5.41) is 6.08. The molecule has 0 aliphatic carbocycles. The molecular formula is C55H66N4O. The van der Waals surface area contributed by atoms with Crippen LogP contribution in [0.3, 0.4) is 0 Å². The monoisotopic (exact) mass is 799 g/mol. The van der Waals surface area contributed by atoms with Crippen LogP contribution in [0.1, 0.15) is 119 Å². The molecule has 5 heteroatoms. The number of aryl methyl sites for hydroxylation is 3. The average molecular weight is 799 g/mol. The summed E-state index contributed by atoms with van der Waals surface area (Å²) in [5.74, 6) is 1.04. The Morgan fingerprint density at radius 3 is 1.28 bits per heavy atom. The molecular weight excluding hydrogens is 733 g/mol. The third-order valence-corrected chi connectivity index (χ3v) is 10.00. The first-order chi connectivity index (χ1) is 29.3. The summed E-state index contributed by atoms with van der Waals surface area (Å²) in [7, 11) is 5.45. The van der Waals surface area contributed by atoms with Gasteiger partial charge in [0.2, 0.25) is 0 Å². The number of nitrogens with one attached hydrogen (secondary N) is 1. The number of hydrogen-bond acceptors (Lipinski definition) is 5. The number of aliphatic imine (C=N–C) groups is 3. The molecule has 0 aliphatic heterocycles. The number of ether oxygens (including phenoxy) is 1. The molecule has 60 heavy (non-hydrogen) atoms. The first-order valence-corrected chi connectivity index (χ1v) is 21.2. The van der Waals surface area contributed by atoms with E-state index in [0.29, 0.717) is 6.61 Å². The molecule has 0 amide bonds. The standard InChI is InChI=1S/C49H49N3O.C2H5N.2C2H6/c1-34-12-15-38(31-50-4)28-45(34)48(41-10-8-7-9-11-41)42-20-18-37(19-21-42)26-27-53-44-24-22-43(23-25-44)49(46-29-39(32-51-5)16-13-35(46)2)47-30-40(33-52-6)17-14-36(47)3;1-2-3;2*1-2/h7-25,28-33,48-49H,26-27H2,1-6H3;2-3H,1H3;2*1-2H3. The fourth-order valence-corrected chi connectivity index (χ4v) is 7.24. The van der Waals surface area contributed by atoms with Crippen molar-refractivity contribution in [3.63, 3.8) is 0 Å². The highest BCUT2D eigenvalue weighted by Gasteiger charge is 2.22. The third-order valence-electron chi connectivity index (χ3n) is 10.00. The van der Waals surface area contributed by atoms with Crippen LogP contribution < -0.4 is 4.74 Å². The highest BCUT2D eigenvalue weighted by molar-refractivity contribution is 5.82. The van der Waals surface area contributed by atoms with Crippen LogP contribution in [0.2, 0.25) is 0 Å². The maximum Gasteiger partial charge on any atom is 0.119 e. The molecule has 0 spiro atoms. The lowest BCUT2D eigenvalue weighted by atomic mass is 9.80. The molecule has 6 aromatic carbocycles. The van der Waals surface area contributed by atoms with Crippen molar-refractivity contribution in [1.82, 2.24) is 0 Å². The first-order valence-electron chi connectivity index (χ1n) is 21.2. The van der Waals surface area contributed by atoms with Gasteiger partial charge >= 0.3 is 0 Å². The van der Waals surface area contributed by atoms with Crippen LogP contribution in [-0.2, 0) is 6.42 Å². The second-order valence-corrected chi connectivity index (χ2v) is 14.0. The van der Waals surface area contributed by atoms with Crippen LogP contribution in [0.15, 0.2) is 148 Å². The highest BCUT2D eigenvalue weighted by Crippen LogP contribution is 2.38. The van der Waals surface area contributed by atoms with E-state index in [9.17, 15) is 0 Å². The van der Waals surface area contributed by atoms with Gasteiger partial charge in [0.15, 0.2) is 0 Å². The van der Waals surface area contributed by atoms with Crippen molar-refractivity contribution in [2.24, 2.45) is 15.0 Å². The van der Waals surface area contributed by atoms with E-state index in [2.05, 4.69) is 169 Å². The van der Waals surface area contributed by atoms with Crippen molar-refractivity contribution >= 4 is 24.9 Å². The minimum Gasteiger partial charge on any atom is -0.493 e. The van der Waals surface area contributed by atoms with Gasteiger partial charge in [-0.2, -0.15) is 0 Å². The number of nitrogens with zero attached hydrogens (tertiary/aromatic N) is 3. The van der Waals surface area contributed by atoms with Crippen LogP contribution in [0, 0.1) is 26.2 Å². The quantitative estimate of drug-likeness (QED) is 0.0917. The van der Waals surface area contributed by atoms with Crippen molar-refractivity contribution in [2.75, 3.05) is 27.7 Å². The third kappa shape index (κ3) is 13.4. The summed E-state index contributed by atoms with van der Waals surface area (Å²) in [6.07, 6.45) is 7.83. The van der Waals surface area contributed by atoms with Crippen molar-refractivity contribution in [3.05, 3.63) is 206 Å². The van der Waals surface area contributed by atoms with Crippen LogP contribution in [0.4, 0.5) is 0 Å². The van der Waals surface area contributed by atoms with Crippen molar-refractivity contribution in [1.29, 1.82) is 5.41 Å². The molecule has 312 valence electrons. The predicted molar refractivity (Wildman–Crippen MR) is 262 cm³/mol. The predicted octanol–water partition coefficient (Wildman–Crippen LogP) is 13.4. The van der Waals surface area contributed by atoms with Crippen molar-refractivity contribution in [2.45, 2.75) is 73.6 Å². The van der Waals surface area contributed by atoms with Crippen LogP contribution in [0.5, 0.6) is 5.75 Å². The zero-order valence-corrected chi connectivity index (χ0v) is 37.8. The molecule has 5 nitrogen and oxygen atoms in total. The fourth-order valence-electron chi connectivity index (χ4n) is 7.24. The number of hydrogen-bond donors (Lipinski definition) is 1. The van der Waals surface area contributed by atoms with Crippen LogP contribution >= 0.6 is 0 Å². The molecule has 0 radical (unpaired) electrons. The Labute approximate surface area is 361 Å². The topological polar surface area (TPSA) is 70.2 Å². The van der Waals surface area contributed by atoms with Gasteiger partial charge < -0.3 is 10.1 Å². The summed E-state index contributed by atoms with van der Waals surface area (Å²) in [6, 6.07) is 48.2. The fraction of sp³-hybridized carbons (Fsp3) is 0.273. The highest BCUT2D eigenvalue weighted by atomic mass is 16.5. The van der Waals surface area contributed by atoms with Gasteiger partial charge in [-0.05, 0) is 137 Å². The Morgan fingerprint density at radius 2 is 0.867 bits per heavy atom. The lowest BCUT2D eigenvalue weighted by molar-refractivity contribution is 0.322. The average Bonchev–Trinajstić information content (AvgIpc) is 3.28. The first kappa shape index (κ1) is 48.2. The van der Waals surface area contributed by atoms with Crippen molar-refractivity contribution in [3.8, 4) is 5.75 Å². The summed E-state index contributed by atoms with van der Waals surface area (Å²) < 4.78 is 6.33. The van der Waals surface area contributed by atoms with Gasteiger partial charge in [0.1, 0.15) is 5.75 Å². The van der Waals surface area contributed by atoms with Crippen molar-refractivity contribution < 1.29 is 4.74 Å². The van der Waals surface area contributed by atoms with E-state index in [4.69, 9.17) is 10.1 Å². The summed E-state index contributed by atoms with van der Waals surface area (Å²) >= 11 is 0. The van der Waals surface area contributed by atoms with E-state index in [1.165, 1.54) is 61.8 Å². The largest absolute Gasteiger partial charge is 0.493 e. The Morgan fingerprint density at radius 1 is 0.500 bits per heavy atom. The Hall–Kier alpha value is -6.20. The number of rotatable bonds is 13. The summed E-state index contributed by atoms with van der Waals surface area (Å²) in [6.45, 7) is 16.8. The smallest absolute Gasteiger partial charge is 0.119 e. The molecule has 6 rings (SSSR count). The zero-order valence-electron chi connectivity index (χ0n) is 37.8. The second kappa shape index (κ2) is 26.0. The molecule has 1 N–H and O–H groups in total. The van der Waals surface area contributed by atoms with Gasteiger partial charge in [0, 0.05) is 58.0 Å². The lowest BCUT2D eigenvalue weighted by Gasteiger charge is -2.24. The van der Waals surface area contributed by atoms with E-state index >= 15 is 0 Å². The molecule has 1 atom stereocenters. The molecule has 0 fully saturated rings. The Kier molecular flexibility index (Phi) is 20.9. The van der Waals surface area contributed by atoms with Crippen LogP contribution in [0.25, 0.3) is 0 Å². The van der Waals surface area contributed by atoms with E-state index in [1.54, 1.807) is 6.92 Å². The number of benzene rings is 6. The van der Waals surface area contributed by atoms with Gasteiger partial charge in [0.05, 0.1) is 6.61 Å². The van der Waals surface area contributed by atoms with Gasteiger partial charge in [0.25, 0.3) is 0 Å². The summed E-state index contributed by atoms with van der Waals surface area (Å²) in [4.78, 5) is 12.8. The molecule has 0 bridgehead atoms. The maximum absolute atomic E-state index is 6.33. The maximum atomic E-state index is 6.33. The van der Waals surface area contributed by atoms with E-state index in [0.717, 1.165) is 28.9 Å². The Balaban J connectivity index is 0.00000130. The van der Waals surface area contributed by atoms with Gasteiger partial charge in [-0.3, -0.25) is 15.0 Å². The molecule has 0 aromatic heterocycles. The zero-order chi connectivity index (χ0) is 43.9. The van der Waals surface area contributed by atoms with E-state index in [-0.39, 0.29) is 11.8 Å². The van der Waals surface area contributed by atoms with Gasteiger partial charge in [-0.25, -0.2) is 0 Å².